The van der Waals surface area contributed by atoms with E-state index in [9.17, 15) is 9.59 Å². The zero-order valence-electron chi connectivity index (χ0n) is 20.9. The number of benzene rings is 2. The second-order valence-corrected chi connectivity index (χ2v) is 8.17. The van der Waals surface area contributed by atoms with Gasteiger partial charge >= 0.3 is 5.97 Å². The molecule has 34 heavy (non-hydrogen) atoms. The minimum absolute atomic E-state index is 0.279. The molecule has 0 aliphatic rings. The summed E-state index contributed by atoms with van der Waals surface area (Å²) in [5.41, 5.74) is 1.26. The average Bonchev–Trinajstić information content (AvgIpc) is 2.84. The highest BCUT2D eigenvalue weighted by Crippen LogP contribution is 2.27. The predicted molar refractivity (Wildman–Crippen MR) is 136 cm³/mol. The Morgan fingerprint density at radius 1 is 0.735 bits per heavy atom. The fourth-order valence-corrected chi connectivity index (χ4v) is 3.57. The molecule has 0 fully saturated rings. The fourth-order valence-electron chi connectivity index (χ4n) is 3.57. The van der Waals surface area contributed by atoms with Crippen LogP contribution in [0.2, 0.25) is 0 Å². The maximum atomic E-state index is 12.8. The molecule has 0 unspecified atom stereocenters. The Morgan fingerprint density at radius 3 is 2.03 bits per heavy atom. The monoisotopic (exact) mass is 469 g/mol. The highest BCUT2D eigenvalue weighted by molar-refractivity contribution is 6.05. The van der Waals surface area contributed by atoms with Gasteiger partial charge in [0.1, 0.15) is 11.5 Å². The number of rotatable bonds is 16. The van der Waals surface area contributed by atoms with Gasteiger partial charge in [0.05, 0.1) is 31.1 Å². The molecule has 0 bridgehead atoms. The Balaban J connectivity index is 1.86. The average molecular weight is 470 g/mol. The first-order valence-corrected chi connectivity index (χ1v) is 12.6. The number of carbonyl (C=O) groups excluding carboxylic acids is 2. The topological polar surface area (TPSA) is 73.9 Å². The van der Waals surface area contributed by atoms with Gasteiger partial charge in [0, 0.05) is 5.56 Å². The molecule has 0 aliphatic carbocycles. The lowest BCUT2D eigenvalue weighted by atomic mass is 10.1. The van der Waals surface area contributed by atoms with Crippen LogP contribution in [0.1, 0.15) is 92.9 Å². The van der Waals surface area contributed by atoms with E-state index in [-0.39, 0.29) is 12.5 Å². The third-order valence-electron chi connectivity index (χ3n) is 5.42. The SMILES string of the molecule is CCCCCCCCCCOc1ccc(C(=O)Nc2cc(C(=O)OCC)ccc2OCC)cc1. The van der Waals surface area contributed by atoms with Crippen LogP contribution < -0.4 is 14.8 Å². The summed E-state index contributed by atoms with van der Waals surface area (Å²) in [6.45, 7) is 7.24. The van der Waals surface area contributed by atoms with Gasteiger partial charge in [0.15, 0.2) is 0 Å². The number of hydrogen-bond donors (Lipinski definition) is 1. The molecule has 2 aromatic rings. The molecule has 0 atom stereocenters. The van der Waals surface area contributed by atoms with Crippen molar-refractivity contribution in [2.45, 2.75) is 72.1 Å². The molecule has 0 spiro atoms. The number of hydrogen-bond acceptors (Lipinski definition) is 5. The third kappa shape index (κ3) is 9.46. The van der Waals surface area contributed by atoms with Crippen LogP contribution in [0.25, 0.3) is 0 Å². The molecule has 1 N–H and O–H groups in total. The van der Waals surface area contributed by atoms with Gasteiger partial charge in [-0.05, 0) is 62.7 Å². The molecule has 6 heteroatoms. The fraction of sp³-hybridized carbons (Fsp3) is 0.500. The second-order valence-electron chi connectivity index (χ2n) is 8.17. The van der Waals surface area contributed by atoms with E-state index in [2.05, 4.69) is 12.2 Å². The Bertz CT molecular complexity index is 879. The molecule has 2 rings (SSSR count). The Kier molecular flexibility index (Phi) is 12.6. The van der Waals surface area contributed by atoms with Crippen molar-refractivity contribution < 1.29 is 23.8 Å². The molecular formula is C28H39NO5. The summed E-state index contributed by atoms with van der Waals surface area (Å²) in [6.07, 6.45) is 10.1. The summed E-state index contributed by atoms with van der Waals surface area (Å²) >= 11 is 0. The summed E-state index contributed by atoms with van der Waals surface area (Å²) < 4.78 is 16.5. The lowest BCUT2D eigenvalue weighted by Gasteiger charge is -2.13. The van der Waals surface area contributed by atoms with E-state index in [4.69, 9.17) is 14.2 Å². The largest absolute Gasteiger partial charge is 0.494 e. The van der Waals surface area contributed by atoms with Crippen molar-refractivity contribution >= 4 is 17.6 Å². The van der Waals surface area contributed by atoms with Crippen LogP contribution in [0.3, 0.4) is 0 Å². The molecule has 0 aliphatic heterocycles. The maximum absolute atomic E-state index is 12.8. The van der Waals surface area contributed by atoms with Crippen molar-refractivity contribution in [3.8, 4) is 11.5 Å². The zero-order valence-corrected chi connectivity index (χ0v) is 20.9. The number of esters is 1. The number of amides is 1. The van der Waals surface area contributed by atoms with Gasteiger partial charge < -0.3 is 19.5 Å². The van der Waals surface area contributed by atoms with Crippen molar-refractivity contribution in [1.82, 2.24) is 0 Å². The molecule has 6 nitrogen and oxygen atoms in total. The van der Waals surface area contributed by atoms with Crippen molar-refractivity contribution in [2.24, 2.45) is 0 Å². The van der Waals surface area contributed by atoms with Crippen LogP contribution in [0.4, 0.5) is 5.69 Å². The minimum atomic E-state index is -0.445. The first kappa shape index (κ1) is 27.2. The summed E-state index contributed by atoms with van der Waals surface area (Å²) in [4.78, 5) is 24.9. The van der Waals surface area contributed by atoms with Crippen LogP contribution >= 0.6 is 0 Å². The maximum Gasteiger partial charge on any atom is 0.338 e. The Hall–Kier alpha value is -3.02. The van der Waals surface area contributed by atoms with Crippen LogP contribution in [0.5, 0.6) is 11.5 Å². The predicted octanol–water partition coefficient (Wildman–Crippen LogP) is 7.03. The van der Waals surface area contributed by atoms with E-state index < -0.39 is 5.97 Å². The summed E-state index contributed by atoms with van der Waals surface area (Å²) in [5, 5.41) is 2.84. The highest BCUT2D eigenvalue weighted by atomic mass is 16.5. The molecule has 2 aromatic carbocycles. The molecule has 0 saturated carbocycles. The van der Waals surface area contributed by atoms with Crippen molar-refractivity contribution in [1.29, 1.82) is 0 Å². The smallest absolute Gasteiger partial charge is 0.338 e. The van der Waals surface area contributed by atoms with Crippen LogP contribution in [0.15, 0.2) is 42.5 Å². The van der Waals surface area contributed by atoms with Gasteiger partial charge in [-0.25, -0.2) is 4.79 Å². The Labute approximate surface area is 204 Å². The first-order chi connectivity index (χ1) is 16.6. The van der Waals surface area contributed by atoms with Crippen LogP contribution in [0, 0.1) is 0 Å². The molecule has 1 amide bonds. The van der Waals surface area contributed by atoms with E-state index in [1.54, 1.807) is 49.4 Å². The van der Waals surface area contributed by atoms with Crippen molar-refractivity contribution in [2.75, 3.05) is 25.1 Å². The summed E-state index contributed by atoms with van der Waals surface area (Å²) in [7, 11) is 0. The lowest BCUT2D eigenvalue weighted by molar-refractivity contribution is 0.0526. The molecule has 0 radical (unpaired) electrons. The summed E-state index contributed by atoms with van der Waals surface area (Å²) in [6, 6.07) is 11.9. The molecule has 186 valence electrons. The quantitative estimate of drug-likeness (QED) is 0.211. The van der Waals surface area contributed by atoms with Crippen LogP contribution in [-0.4, -0.2) is 31.7 Å². The van der Waals surface area contributed by atoms with E-state index in [1.165, 1.54) is 44.9 Å². The highest BCUT2D eigenvalue weighted by Gasteiger charge is 2.14. The van der Waals surface area contributed by atoms with Crippen molar-refractivity contribution in [3.05, 3.63) is 53.6 Å². The number of nitrogens with one attached hydrogen (secondary N) is 1. The van der Waals surface area contributed by atoms with E-state index >= 15 is 0 Å². The normalized spacial score (nSPS) is 10.6. The molecular weight excluding hydrogens is 430 g/mol. The van der Waals surface area contributed by atoms with Gasteiger partial charge in [-0.2, -0.15) is 0 Å². The zero-order chi connectivity index (χ0) is 24.6. The molecule has 0 heterocycles. The Morgan fingerprint density at radius 2 is 1.38 bits per heavy atom. The number of carbonyl (C=O) groups is 2. The van der Waals surface area contributed by atoms with Gasteiger partial charge in [-0.1, -0.05) is 51.9 Å². The van der Waals surface area contributed by atoms with Crippen molar-refractivity contribution in [3.63, 3.8) is 0 Å². The van der Waals surface area contributed by atoms with Crippen LogP contribution in [-0.2, 0) is 4.74 Å². The molecule has 0 aromatic heterocycles. The number of ether oxygens (including phenoxy) is 3. The third-order valence-corrected chi connectivity index (χ3v) is 5.42. The van der Waals surface area contributed by atoms with E-state index in [0.717, 1.165) is 12.2 Å². The summed E-state index contributed by atoms with van der Waals surface area (Å²) in [5.74, 6) is 0.503. The molecule has 0 saturated heterocycles. The van der Waals surface area contributed by atoms with E-state index in [1.807, 2.05) is 6.92 Å². The second kappa shape index (κ2) is 15.8. The lowest BCUT2D eigenvalue weighted by Crippen LogP contribution is -2.14. The number of anilines is 1. The minimum Gasteiger partial charge on any atom is -0.494 e. The number of unbranched alkanes of at least 4 members (excludes halogenated alkanes) is 7. The van der Waals surface area contributed by atoms with Gasteiger partial charge in [-0.3, -0.25) is 4.79 Å². The van der Waals surface area contributed by atoms with Gasteiger partial charge in [0.2, 0.25) is 0 Å². The first-order valence-electron chi connectivity index (χ1n) is 12.6. The van der Waals surface area contributed by atoms with Gasteiger partial charge in [-0.15, -0.1) is 0 Å². The van der Waals surface area contributed by atoms with Gasteiger partial charge in [0.25, 0.3) is 5.91 Å². The standard InChI is InChI=1S/C28H39NO5/c1-4-7-8-9-10-11-12-13-20-34-24-17-14-22(15-18-24)27(30)29-25-21-23(28(31)33-6-3)16-19-26(25)32-5-2/h14-19,21H,4-13,20H2,1-3H3,(H,29,30). The van der Waals surface area contributed by atoms with E-state index in [0.29, 0.717) is 35.8 Å².